The summed E-state index contributed by atoms with van der Waals surface area (Å²) < 4.78 is 0. The number of nitrogens with zero attached hydrogens (tertiary/aromatic N) is 1. The smallest absolute Gasteiger partial charge is 0.254 e. The Morgan fingerprint density at radius 3 is 2.89 bits per heavy atom. The molecule has 1 saturated heterocycles. The average Bonchev–Trinajstić information content (AvgIpc) is 2.38. The Morgan fingerprint density at radius 2 is 2.21 bits per heavy atom. The van der Waals surface area contributed by atoms with Crippen molar-refractivity contribution in [3.8, 4) is 0 Å². The van der Waals surface area contributed by atoms with Crippen LogP contribution in [-0.4, -0.2) is 41.1 Å². The molecule has 19 heavy (non-hydrogen) atoms. The predicted molar refractivity (Wildman–Crippen MR) is 75.0 cm³/mol. The van der Waals surface area contributed by atoms with Crippen molar-refractivity contribution in [3.05, 3.63) is 35.4 Å². The van der Waals surface area contributed by atoms with Gasteiger partial charge in [0.05, 0.1) is 5.60 Å². The molecule has 1 heterocycles. The van der Waals surface area contributed by atoms with Crippen molar-refractivity contribution < 1.29 is 9.90 Å². The number of rotatable bonds is 3. The van der Waals surface area contributed by atoms with E-state index in [0.29, 0.717) is 31.6 Å². The summed E-state index contributed by atoms with van der Waals surface area (Å²) in [4.78, 5) is 14.3. The van der Waals surface area contributed by atoms with E-state index in [1.165, 1.54) is 0 Å². The first-order chi connectivity index (χ1) is 9.03. The maximum absolute atomic E-state index is 12.6. The van der Waals surface area contributed by atoms with Crippen LogP contribution in [0.1, 0.15) is 35.7 Å². The van der Waals surface area contributed by atoms with Gasteiger partial charge in [-0.05, 0) is 44.4 Å². The SMILES string of the molecule is CC1(O)CCCN(C(=O)c2ccccc2CCN)C1. The first-order valence-electron chi connectivity index (χ1n) is 6.83. The summed E-state index contributed by atoms with van der Waals surface area (Å²) in [5.74, 6) is 0.00373. The Morgan fingerprint density at radius 1 is 1.47 bits per heavy atom. The van der Waals surface area contributed by atoms with Crippen molar-refractivity contribution in [1.82, 2.24) is 4.90 Å². The van der Waals surface area contributed by atoms with Crippen LogP contribution in [0.5, 0.6) is 0 Å². The number of piperidine rings is 1. The van der Waals surface area contributed by atoms with E-state index in [0.717, 1.165) is 18.4 Å². The molecular weight excluding hydrogens is 240 g/mol. The van der Waals surface area contributed by atoms with Crippen LogP contribution in [0.2, 0.25) is 0 Å². The topological polar surface area (TPSA) is 66.6 Å². The standard InChI is InChI=1S/C15H22N2O2/c1-15(19)8-4-10-17(11-15)14(18)13-6-3-2-5-12(13)7-9-16/h2-3,5-6,19H,4,7-11,16H2,1H3. The van der Waals surface area contributed by atoms with Crippen LogP contribution in [0, 0.1) is 0 Å². The van der Waals surface area contributed by atoms with Crippen LogP contribution in [-0.2, 0) is 6.42 Å². The molecule has 1 atom stereocenters. The highest BCUT2D eigenvalue weighted by Gasteiger charge is 2.31. The minimum absolute atomic E-state index is 0.00373. The third kappa shape index (κ3) is 3.33. The number of carbonyl (C=O) groups excluding carboxylic acids is 1. The molecule has 0 spiro atoms. The van der Waals surface area contributed by atoms with Gasteiger partial charge in [-0.3, -0.25) is 4.79 Å². The molecule has 0 radical (unpaired) electrons. The highest BCUT2D eigenvalue weighted by atomic mass is 16.3. The quantitative estimate of drug-likeness (QED) is 0.859. The number of β-amino-alcohol motifs (C(OH)–C–C–N with tert-alkyl or cyclic N) is 1. The fourth-order valence-corrected chi connectivity index (χ4v) is 2.67. The molecule has 4 nitrogen and oxygen atoms in total. The fourth-order valence-electron chi connectivity index (χ4n) is 2.67. The molecule has 0 aromatic heterocycles. The van der Waals surface area contributed by atoms with Crippen molar-refractivity contribution in [2.75, 3.05) is 19.6 Å². The zero-order chi connectivity index (χ0) is 13.9. The lowest BCUT2D eigenvalue weighted by Crippen LogP contribution is -2.48. The average molecular weight is 262 g/mol. The third-order valence-electron chi connectivity index (χ3n) is 3.62. The van der Waals surface area contributed by atoms with Gasteiger partial charge in [0, 0.05) is 18.7 Å². The summed E-state index contributed by atoms with van der Waals surface area (Å²) in [5, 5.41) is 10.1. The van der Waals surface area contributed by atoms with Crippen molar-refractivity contribution >= 4 is 5.91 Å². The normalized spacial score (nSPS) is 23.4. The predicted octanol–water partition coefficient (Wildman–Crippen LogP) is 1.17. The van der Waals surface area contributed by atoms with E-state index in [2.05, 4.69) is 0 Å². The first-order valence-corrected chi connectivity index (χ1v) is 6.83. The maximum atomic E-state index is 12.6. The second-order valence-electron chi connectivity index (χ2n) is 5.52. The van der Waals surface area contributed by atoms with Gasteiger partial charge in [0.15, 0.2) is 0 Å². The number of aliphatic hydroxyl groups is 1. The molecule has 104 valence electrons. The number of amides is 1. The van der Waals surface area contributed by atoms with Gasteiger partial charge in [-0.15, -0.1) is 0 Å². The zero-order valence-corrected chi connectivity index (χ0v) is 11.4. The second-order valence-corrected chi connectivity index (χ2v) is 5.52. The van der Waals surface area contributed by atoms with Crippen LogP contribution >= 0.6 is 0 Å². The lowest BCUT2D eigenvalue weighted by atomic mass is 9.94. The van der Waals surface area contributed by atoms with Gasteiger partial charge in [-0.2, -0.15) is 0 Å². The van der Waals surface area contributed by atoms with Gasteiger partial charge >= 0.3 is 0 Å². The molecule has 2 rings (SSSR count). The van der Waals surface area contributed by atoms with E-state index in [-0.39, 0.29) is 5.91 Å². The summed E-state index contributed by atoms with van der Waals surface area (Å²) >= 11 is 0. The largest absolute Gasteiger partial charge is 0.388 e. The van der Waals surface area contributed by atoms with Gasteiger partial charge in [0.25, 0.3) is 5.91 Å². The fraction of sp³-hybridized carbons (Fsp3) is 0.533. The van der Waals surface area contributed by atoms with E-state index >= 15 is 0 Å². The van der Waals surface area contributed by atoms with Gasteiger partial charge in [0.1, 0.15) is 0 Å². The Balaban J connectivity index is 2.19. The third-order valence-corrected chi connectivity index (χ3v) is 3.62. The van der Waals surface area contributed by atoms with E-state index < -0.39 is 5.60 Å². The molecule has 3 N–H and O–H groups in total. The van der Waals surface area contributed by atoms with Crippen LogP contribution in [0.3, 0.4) is 0 Å². The molecule has 1 amide bonds. The molecule has 1 unspecified atom stereocenters. The molecule has 1 aromatic carbocycles. The van der Waals surface area contributed by atoms with Gasteiger partial charge in [-0.1, -0.05) is 18.2 Å². The lowest BCUT2D eigenvalue weighted by molar-refractivity contribution is -0.0107. The molecule has 1 aliphatic rings. The van der Waals surface area contributed by atoms with Crippen molar-refractivity contribution in [2.45, 2.75) is 31.8 Å². The first kappa shape index (κ1) is 14.0. The highest BCUT2D eigenvalue weighted by molar-refractivity contribution is 5.95. The second kappa shape index (κ2) is 5.72. The van der Waals surface area contributed by atoms with Gasteiger partial charge in [0.2, 0.25) is 0 Å². The van der Waals surface area contributed by atoms with Crippen LogP contribution < -0.4 is 5.73 Å². The highest BCUT2D eigenvalue weighted by Crippen LogP contribution is 2.22. The van der Waals surface area contributed by atoms with Gasteiger partial charge in [-0.25, -0.2) is 0 Å². The number of likely N-dealkylation sites (tertiary alicyclic amines) is 1. The number of nitrogens with two attached hydrogens (primary N) is 1. The van der Waals surface area contributed by atoms with Crippen molar-refractivity contribution in [3.63, 3.8) is 0 Å². The monoisotopic (exact) mass is 262 g/mol. The summed E-state index contributed by atoms with van der Waals surface area (Å²) in [7, 11) is 0. The van der Waals surface area contributed by atoms with E-state index in [9.17, 15) is 9.90 Å². The van der Waals surface area contributed by atoms with Crippen LogP contribution in [0.25, 0.3) is 0 Å². The Labute approximate surface area is 114 Å². The molecule has 1 aromatic rings. The summed E-state index contributed by atoms with van der Waals surface area (Å²) in [5.41, 5.74) is 6.52. The Kier molecular flexibility index (Phi) is 4.22. The van der Waals surface area contributed by atoms with E-state index in [1.54, 1.807) is 11.8 Å². The zero-order valence-electron chi connectivity index (χ0n) is 11.4. The molecule has 0 bridgehead atoms. The number of carbonyl (C=O) groups is 1. The van der Waals surface area contributed by atoms with E-state index in [4.69, 9.17) is 5.73 Å². The van der Waals surface area contributed by atoms with Crippen molar-refractivity contribution in [1.29, 1.82) is 0 Å². The summed E-state index contributed by atoms with van der Waals surface area (Å²) in [6.07, 6.45) is 2.30. The molecule has 1 fully saturated rings. The molecular formula is C15H22N2O2. The lowest BCUT2D eigenvalue weighted by Gasteiger charge is -2.37. The maximum Gasteiger partial charge on any atom is 0.254 e. The van der Waals surface area contributed by atoms with Crippen LogP contribution in [0.15, 0.2) is 24.3 Å². The minimum Gasteiger partial charge on any atom is -0.388 e. The Hall–Kier alpha value is -1.39. The summed E-state index contributed by atoms with van der Waals surface area (Å²) in [6, 6.07) is 7.59. The van der Waals surface area contributed by atoms with Crippen molar-refractivity contribution in [2.24, 2.45) is 5.73 Å². The van der Waals surface area contributed by atoms with Crippen LogP contribution in [0.4, 0.5) is 0 Å². The molecule has 0 saturated carbocycles. The number of benzene rings is 1. The molecule has 0 aliphatic carbocycles. The molecule has 4 heteroatoms. The van der Waals surface area contributed by atoms with Gasteiger partial charge < -0.3 is 15.7 Å². The van der Waals surface area contributed by atoms with E-state index in [1.807, 2.05) is 24.3 Å². The summed E-state index contributed by atoms with van der Waals surface area (Å²) in [6.45, 7) is 3.44. The Bertz CT molecular complexity index is 457. The number of hydrogen-bond acceptors (Lipinski definition) is 3. The number of hydrogen-bond donors (Lipinski definition) is 2. The minimum atomic E-state index is -0.767. The molecule has 1 aliphatic heterocycles.